The van der Waals surface area contributed by atoms with E-state index in [0.717, 1.165) is 21.8 Å². The van der Waals surface area contributed by atoms with E-state index in [4.69, 9.17) is 16.9 Å². The number of benzene rings is 2. The Balaban J connectivity index is 2.07. The van der Waals surface area contributed by atoms with E-state index >= 15 is 0 Å². The third-order valence-electron chi connectivity index (χ3n) is 2.72. The molecule has 2 nitrogen and oxygen atoms in total. The Morgan fingerprint density at radius 2 is 2.06 bits per heavy atom. The van der Waals surface area contributed by atoms with Gasteiger partial charge in [-0.3, -0.25) is 0 Å². The number of hydrogen-bond acceptors (Lipinski definition) is 2. The zero-order valence-corrected chi connectivity index (χ0v) is 10.8. The molecule has 0 amide bonds. The second kappa shape index (κ2) is 5.57. The van der Waals surface area contributed by atoms with Gasteiger partial charge in [0.2, 0.25) is 0 Å². The number of halogens is 1. The molecule has 2 aromatic carbocycles. The molecule has 0 radical (unpaired) electrons. The van der Waals surface area contributed by atoms with Crippen LogP contribution in [0.15, 0.2) is 42.5 Å². The molecule has 0 bridgehead atoms. The van der Waals surface area contributed by atoms with Crippen molar-refractivity contribution in [3.8, 4) is 6.07 Å². The van der Waals surface area contributed by atoms with Crippen molar-refractivity contribution in [3.63, 3.8) is 0 Å². The molecule has 3 heteroatoms. The Hall–Kier alpha value is -1.98. The van der Waals surface area contributed by atoms with E-state index in [9.17, 15) is 0 Å². The van der Waals surface area contributed by atoms with Crippen LogP contribution in [0.25, 0.3) is 0 Å². The molecule has 0 unspecified atom stereocenters. The van der Waals surface area contributed by atoms with Gasteiger partial charge in [0, 0.05) is 17.3 Å². The number of nitrogens with zero attached hydrogens (tertiary/aromatic N) is 1. The monoisotopic (exact) mass is 256 g/mol. The molecular weight excluding hydrogens is 244 g/mol. The van der Waals surface area contributed by atoms with E-state index < -0.39 is 0 Å². The molecule has 0 aliphatic rings. The van der Waals surface area contributed by atoms with E-state index in [0.29, 0.717) is 12.1 Å². The highest BCUT2D eigenvalue weighted by Crippen LogP contribution is 2.20. The summed E-state index contributed by atoms with van der Waals surface area (Å²) in [6, 6.07) is 15.6. The molecule has 0 heterocycles. The summed E-state index contributed by atoms with van der Waals surface area (Å²) in [4.78, 5) is 0. The van der Waals surface area contributed by atoms with E-state index in [2.05, 4.69) is 11.4 Å². The second-order valence-corrected chi connectivity index (χ2v) is 4.54. The van der Waals surface area contributed by atoms with Crippen LogP contribution in [0.5, 0.6) is 0 Å². The van der Waals surface area contributed by atoms with Crippen LogP contribution < -0.4 is 5.32 Å². The highest BCUT2D eigenvalue weighted by Gasteiger charge is 1.99. The van der Waals surface area contributed by atoms with Crippen molar-refractivity contribution < 1.29 is 0 Å². The average Bonchev–Trinajstić information content (AvgIpc) is 2.40. The van der Waals surface area contributed by atoms with Crippen molar-refractivity contribution >= 4 is 17.3 Å². The number of hydrogen-bond donors (Lipinski definition) is 1. The van der Waals surface area contributed by atoms with Crippen LogP contribution in [0, 0.1) is 18.3 Å². The zero-order valence-electron chi connectivity index (χ0n) is 10.1. The standard InChI is InChI=1S/C15H13ClN2/c1-11-5-6-14(8-15(11)16)18-10-13-4-2-3-12(7-13)9-17/h2-8,18H,10H2,1H3. The number of nitriles is 1. The van der Waals surface area contributed by atoms with Crippen LogP contribution in [-0.2, 0) is 6.54 Å². The molecule has 2 aromatic rings. The highest BCUT2D eigenvalue weighted by molar-refractivity contribution is 6.31. The Labute approximate surface area is 112 Å². The first-order chi connectivity index (χ1) is 8.69. The molecule has 2 rings (SSSR count). The first-order valence-electron chi connectivity index (χ1n) is 5.68. The third-order valence-corrected chi connectivity index (χ3v) is 3.13. The van der Waals surface area contributed by atoms with Crippen LogP contribution in [-0.4, -0.2) is 0 Å². The van der Waals surface area contributed by atoms with E-state index in [1.807, 2.05) is 43.3 Å². The fraction of sp³-hybridized carbons (Fsp3) is 0.133. The first kappa shape index (κ1) is 12.5. The predicted octanol–water partition coefficient (Wildman–Crippen LogP) is 4.13. The minimum Gasteiger partial charge on any atom is -0.381 e. The van der Waals surface area contributed by atoms with Gasteiger partial charge in [-0.1, -0.05) is 29.8 Å². The molecule has 90 valence electrons. The maximum atomic E-state index is 8.83. The SMILES string of the molecule is Cc1ccc(NCc2cccc(C#N)c2)cc1Cl. The molecular formula is C15H13ClN2. The molecule has 0 aromatic heterocycles. The summed E-state index contributed by atoms with van der Waals surface area (Å²) in [6.45, 7) is 2.65. The fourth-order valence-electron chi connectivity index (χ4n) is 1.66. The number of anilines is 1. The van der Waals surface area contributed by atoms with Crippen LogP contribution in [0.1, 0.15) is 16.7 Å². The number of aryl methyl sites for hydroxylation is 1. The van der Waals surface area contributed by atoms with Gasteiger partial charge in [-0.2, -0.15) is 5.26 Å². The van der Waals surface area contributed by atoms with Gasteiger partial charge in [0.15, 0.2) is 0 Å². The van der Waals surface area contributed by atoms with Crippen LogP contribution in [0.3, 0.4) is 0 Å². The maximum absolute atomic E-state index is 8.83. The minimum atomic E-state index is 0.676. The number of rotatable bonds is 3. The van der Waals surface area contributed by atoms with Crippen molar-refractivity contribution in [2.75, 3.05) is 5.32 Å². The van der Waals surface area contributed by atoms with Crippen molar-refractivity contribution in [2.45, 2.75) is 13.5 Å². The fourth-order valence-corrected chi connectivity index (χ4v) is 1.84. The molecule has 1 N–H and O–H groups in total. The van der Waals surface area contributed by atoms with Crippen molar-refractivity contribution in [1.82, 2.24) is 0 Å². The lowest BCUT2D eigenvalue weighted by atomic mass is 10.1. The van der Waals surface area contributed by atoms with E-state index in [1.165, 1.54) is 0 Å². The third kappa shape index (κ3) is 3.03. The maximum Gasteiger partial charge on any atom is 0.0991 e. The topological polar surface area (TPSA) is 35.8 Å². The Morgan fingerprint density at radius 1 is 1.22 bits per heavy atom. The lowest BCUT2D eigenvalue weighted by molar-refractivity contribution is 1.14. The predicted molar refractivity (Wildman–Crippen MR) is 74.7 cm³/mol. The Kier molecular flexibility index (Phi) is 3.86. The van der Waals surface area contributed by atoms with Gasteiger partial charge < -0.3 is 5.32 Å². The van der Waals surface area contributed by atoms with Crippen LogP contribution in [0.2, 0.25) is 5.02 Å². The zero-order chi connectivity index (χ0) is 13.0. The largest absolute Gasteiger partial charge is 0.381 e. The molecule has 0 saturated heterocycles. The van der Waals surface area contributed by atoms with Crippen LogP contribution >= 0.6 is 11.6 Å². The lowest BCUT2D eigenvalue weighted by Crippen LogP contribution is -1.99. The van der Waals surface area contributed by atoms with Gasteiger partial charge in [-0.15, -0.1) is 0 Å². The van der Waals surface area contributed by atoms with Gasteiger partial charge in [-0.05, 0) is 42.3 Å². The van der Waals surface area contributed by atoms with Crippen LogP contribution in [0.4, 0.5) is 5.69 Å². The van der Waals surface area contributed by atoms with Crippen molar-refractivity contribution in [3.05, 3.63) is 64.2 Å². The summed E-state index contributed by atoms with van der Waals surface area (Å²) in [5.74, 6) is 0. The van der Waals surface area contributed by atoms with Gasteiger partial charge in [0.05, 0.1) is 11.6 Å². The van der Waals surface area contributed by atoms with Gasteiger partial charge >= 0.3 is 0 Å². The smallest absolute Gasteiger partial charge is 0.0991 e. The molecule has 0 aliphatic carbocycles. The van der Waals surface area contributed by atoms with E-state index in [-0.39, 0.29) is 0 Å². The van der Waals surface area contributed by atoms with Gasteiger partial charge in [-0.25, -0.2) is 0 Å². The Morgan fingerprint density at radius 3 is 2.78 bits per heavy atom. The highest BCUT2D eigenvalue weighted by atomic mass is 35.5. The quantitative estimate of drug-likeness (QED) is 0.896. The molecule has 0 spiro atoms. The summed E-state index contributed by atoms with van der Waals surface area (Å²) >= 11 is 6.06. The molecule has 0 saturated carbocycles. The summed E-state index contributed by atoms with van der Waals surface area (Å²) in [5.41, 5.74) is 3.80. The van der Waals surface area contributed by atoms with Crippen molar-refractivity contribution in [1.29, 1.82) is 5.26 Å². The molecule has 0 aliphatic heterocycles. The van der Waals surface area contributed by atoms with Gasteiger partial charge in [0.25, 0.3) is 0 Å². The van der Waals surface area contributed by atoms with Crippen molar-refractivity contribution in [2.24, 2.45) is 0 Å². The Bertz CT molecular complexity index is 600. The molecule has 18 heavy (non-hydrogen) atoms. The number of nitrogens with one attached hydrogen (secondary N) is 1. The van der Waals surface area contributed by atoms with E-state index in [1.54, 1.807) is 6.07 Å². The first-order valence-corrected chi connectivity index (χ1v) is 6.06. The summed E-state index contributed by atoms with van der Waals surface area (Å²) < 4.78 is 0. The average molecular weight is 257 g/mol. The van der Waals surface area contributed by atoms with Gasteiger partial charge in [0.1, 0.15) is 0 Å². The summed E-state index contributed by atoms with van der Waals surface area (Å²) in [7, 11) is 0. The minimum absolute atomic E-state index is 0.676. The molecule has 0 fully saturated rings. The summed E-state index contributed by atoms with van der Waals surface area (Å²) in [5, 5.41) is 12.9. The second-order valence-electron chi connectivity index (χ2n) is 4.13. The molecule has 0 atom stereocenters. The lowest BCUT2D eigenvalue weighted by Gasteiger charge is -2.08. The summed E-state index contributed by atoms with van der Waals surface area (Å²) in [6.07, 6.45) is 0. The normalized spacial score (nSPS) is 9.83.